The second-order valence-electron chi connectivity index (χ2n) is 8.93. The molecule has 7 nitrogen and oxygen atoms in total. The van der Waals surface area contributed by atoms with Crippen LogP contribution in [0.25, 0.3) is 0 Å². The number of rotatable bonds is 4. The fraction of sp³-hybridized carbons (Fsp3) is 0.565. The highest BCUT2D eigenvalue weighted by Gasteiger charge is 2.41. The first kappa shape index (κ1) is 30.6. The summed E-state index contributed by atoms with van der Waals surface area (Å²) in [5.41, 5.74) is 0.576. The number of hydrogen-bond donors (Lipinski definition) is 2. The van der Waals surface area contributed by atoms with Crippen LogP contribution >= 0.6 is 11.3 Å². The van der Waals surface area contributed by atoms with Crippen molar-refractivity contribution in [2.45, 2.75) is 51.6 Å². The molecule has 37 heavy (non-hydrogen) atoms. The number of piperidine rings is 1. The topological polar surface area (TPSA) is 94.2 Å². The number of carboxylic acid groups (broad SMARTS) is 2. The van der Waals surface area contributed by atoms with Crippen molar-refractivity contribution in [1.29, 1.82) is 0 Å². The van der Waals surface area contributed by atoms with Crippen molar-refractivity contribution in [3.8, 4) is 0 Å². The number of carbonyl (C=O) groups is 2. The highest BCUT2D eigenvalue weighted by atomic mass is 32.1. The zero-order valence-corrected chi connectivity index (χ0v) is 20.8. The number of likely N-dealkylation sites (tertiary alicyclic amines) is 2. The highest BCUT2D eigenvalue weighted by molar-refractivity contribution is 7.09. The Morgan fingerprint density at radius 2 is 1.43 bits per heavy atom. The van der Waals surface area contributed by atoms with E-state index in [1.54, 1.807) is 0 Å². The Hall–Kier alpha value is -2.58. The Labute approximate surface area is 213 Å². The number of alkyl halides is 6. The Morgan fingerprint density at radius 3 is 1.84 bits per heavy atom. The van der Waals surface area contributed by atoms with Crippen molar-refractivity contribution >= 4 is 23.3 Å². The van der Waals surface area contributed by atoms with Crippen molar-refractivity contribution in [1.82, 2.24) is 9.80 Å². The third-order valence-electron chi connectivity index (χ3n) is 6.05. The maximum absolute atomic E-state index is 10.6. The molecule has 2 saturated heterocycles. The number of hydrogen-bond acceptors (Lipinski definition) is 6. The van der Waals surface area contributed by atoms with Gasteiger partial charge in [0.05, 0.1) is 6.54 Å². The molecule has 4 rings (SSSR count). The molecule has 0 unspecified atom stereocenters. The molecule has 2 aliphatic heterocycles. The summed E-state index contributed by atoms with van der Waals surface area (Å²) in [5.74, 6) is -3.38. The number of thiophene rings is 1. The number of furan rings is 1. The van der Waals surface area contributed by atoms with Crippen molar-refractivity contribution in [2.75, 3.05) is 26.2 Å². The number of nitrogens with zero attached hydrogens (tertiary/aromatic N) is 2. The molecule has 0 atom stereocenters. The second-order valence-corrected chi connectivity index (χ2v) is 9.97. The number of aliphatic carboxylic acids is 2. The maximum atomic E-state index is 10.6. The van der Waals surface area contributed by atoms with E-state index in [4.69, 9.17) is 24.2 Å². The van der Waals surface area contributed by atoms with Gasteiger partial charge in [0, 0.05) is 18.0 Å². The lowest BCUT2D eigenvalue weighted by Gasteiger charge is -2.39. The van der Waals surface area contributed by atoms with Gasteiger partial charge < -0.3 is 14.6 Å². The Bertz CT molecular complexity index is 974. The first-order chi connectivity index (χ1) is 17.1. The van der Waals surface area contributed by atoms with E-state index in [1.165, 1.54) is 50.3 Å². The lowest BCUT2D eigenvalue weighted by Crippen LogP contribution is -2.41. The molecular formula is C23H28F6N2O5S. The second kappa shape index (κ2) is 12.8. The van der Waals surface area contributed by atoms with Gasteiger partial charge in [0.1, 0.15) is 11.5 Å². The van der Waals surface area contributed by atoms with Gasteiger partial charge in [-0.3, -0.25) is 9.80 Å². The van der Waals surface area contributed by atoms with Crippen molar-refractivity contribution in [3.63, 3.8) is 0 Å². The summed E-state index contributed by atoms with van der Waals surface area (Å²) in [6.07, 6.45) is -6.10. The average Bonchev–Trinajstić information content (AvgIpc) is 3.53. The fourth-order valence-corrected chi connectivity index (χ4v) is 4.92. The van der Waals surface area contributed by atoms with Crippen LogP contribution < -0.4 is 0 Å². The molecule has 0 radical (unpaired) electrons. The monoisotopic (exact) mass is 558 g/mol. The van der Waals surface area contributed by atoms with Gasteiger partial charge in [0.15, 0.2) is 0 Å². The summed E-state index contributed by atoms with van der Waals surface area (Å²) >= 11 is 1.89. The lowest BCUT2D eigenvalue weighted by atomic mass is 9.78. The Morgan fingerprint density at radius 1 is 0.919 bits per heavy atom. The van der Waals surface area contributed by atoms with E-state index in [0.717, 1.165) is 24.6 Å². The van der Waals surface area contributed by atoms with E-state index in [0.29, 0.717) is 5.41 Å². The molecule has 2 aliphatic rings. The Kier molecular flexibility index (Phi) is 10.6. The molecule has 0 saturated carbocycles. The molecule has 2 N–H and O–H groups in total. The lowest BCUT2D eigenvalue weighted by molar-refractivity contribution is -0.193. The first-order valence-corrected chi connectivity index (χ1v) is 12.1. The average molecular weight is 559 g/mol. The molecule has 0 bridgehead atoms. The molecule has 4 heterocycles. The molecule has 2 aromatic heterocycles. The number of aryl methyl sites for hydroxylation is 1. The molecule has 0 aromatic carbocycles. The van der Waals surface area contributed by atoms with E-state index in [1.807, 2.05) is 18.3 Å². The van der Waals surface area contributed by atoms with Gasteiger partial charge in [-0.1, -0.05) is 6.07 Å². The third kappa shape index (κ3) is 10.4. The van der Waals surface area contributed by atoms with Crippen LogP contribution in [-0.2, 0) is 22.7 Å². The summed E-state index contributed by atoms with van der Waals surface area (Å²) < 4.78 is 69.2. The van der Waals surface area contributed by atoms with Gasteiger partial charge in [-0.15, -0.1) is 11.3 Å². The molecule has 0 amide bonds. The van der Waals surface area contributed by atoms with E-state index < -0.39 is 24.3 Å². The minimum Gasteiger partial charge on any atom is -0.475 e. The summed E-state index contributed by atoms with van der Waals surface area (Å²) in [7, 11) is 0. The molecule has 1 spiro atoms. The fourth-order valence-electron chi connectivity index (χ4n) is 4.17. The highest BCUT2D eigenvalue weighted by Crippen LogP contribution is 2.41. The van der Waals surface area contributed by atoms with Crippen LogP contribution in [0.15, 0.2) is 34.1 Å². The van der Waals surface area contributed by atoms with E-state index in [2.05, 4.69) is 39.4 Å². The normalized spacial score (nSPS) is 18.0. The van der Waals surface area contributed by atoms with Gasteiger partial charge in [0.2, 0.25) is 0 Å². The summed E-state index contributed by atoms with van der Waals surface area (Å²) in [6.45, 7) is 9.14. The van der Waals surface area contributed by atoms with Gasteiger partial charge in [-0.2, -0.15) is 26.3 Å². The quantitative estimate of drug-likeness (QED) is 0.485. The molecule has 0 aliphatic carbocycles. The summed E-state index contributed by atoms with van der Waals surface area (Å²) in [4.78, 5) is 24.5. The van der Waals surface area contributed by atoms with Crippen molar-refractivity contribution in [2.24, 2.45) is 5.41 Å². The number of carboxylic acids is 2. The van der Waals surface area contributed by atoms with Crippen LogP contribution in [0, 0.1) is 12.3 Å². The van der Waals surface area contributed by atoms with Crippen LogP contribution in [0.5, 0.6) is 0 Å². The molecule has 208 valence electrons. The summed E-state index contributed by atoms with van der Waals surface area (Å²) in [6, 6.07) is 8.63. The molecule has 2 fully saturated rings. The zero-order chi connectivity index (χ0) is 27.9. The minimum atomic E-state index is -5.08. The van der Waals surface area contributed by atoms with Crippen LogP contribution in [0.1, 0.15) is 35.7 Å². The van der Waals surface area contributed by atoms with E-state index in [9.17, 15) is 26.3 Å². The Balaban J connectivity index is 0.000000286. The smallest absolute Gasteiger partial charge is 0.475 e. The third-order valence-corrected chi connectivity index (χ3v) is 6.92. The predicted octanol–water partition coefficient (Wildman–Crippen LogP) is 5.40. The van der Waals surface area contributed by atoms with Gasteiger partial charge in [-0.05, 0) is 74.8 Å². The SMILES string of the molecule is Cc1ccc(CN2CCC3(CC2)CCN(Cc2cccs2)C3)o1.O=C(O)C(F)(F)F.O=C(O)C(F)(F)F. The van der Waals surface area contributed by atoms with Gasteiger partial charge in [0.25, 0.3) is 0 Å². The molecule has 2 aromatic rings. The van der Waals surface area contributed by atoms with Crippen molar-refractivity contribution in [3.05, 3.63) is 46.0 Å². The first-order valence-electron chi connectivity index (χ1n) is 11.2. The van der Waals surface area contributed by atoms with E-state index >= 15 is 0 Å². The zero-order valence-electron chi connectivity index (χ0n) is 19.9. The van der Waals surface area contributed by atoms with Crippen LogP contribution in [0.4, 0.5) is 26.3 Å². The maximum Gasteiger partial charge on any atom is 0.490 e. The largest absolute Gasteiger partial charge is 0.490 e. The molecular weight excluding hydrogens is 530 g/mol. The van der Waals surface area contributed by atoms with Crippen LogP contribution in [0.3, 0.4) is 0 Å². The summed E-state index contributed by atoms with van der Waals surface area (Å²) in [5, 5.41) is 16.4. The molecule has 14 heteroatoms. The van der Waals surface area contributed by atoms with Crippen LogP contribution in [0.2, 0.25) is 0 Å². The van der Waals surface area contributed by atoms with Crippen molar-refractivity contribution < 1.29 is 50.6 Å². The number of halogens is 6. The van der Waals surface area contributed by atoms with Gasteiger partial charge >= 0.3 is 24.3 Å². The minimum absolute atomic E-state index is 0.576. The predicted molar refractivity (Wildman–Crippen MR) is 122 cm³/mol. The van der Waals surface area contributed by atoms with E-state index in [-0.39, 0.29) is 0 Å². The van der Waals surface area contributed by atoms with Gasteiger partial charge in [-0.25, -0.2) is 9.59 Å². The standard InChI is InChI=1S/C19H26N2OS.2C2HF3O2/c1-16-4-5-17(22-16)13-20-9-6-19(7-10-20)8-11-21(15-19)14-18-3-2-12-23-18;2*3-2(4,5)1(6)7/h2-5,12H,6-11,13-15H2,1H3;2*(H,6,7). The van der Waals surface area contributed by atoms with Crippen LogP contribution in [-0.4, -0.2) is 70.5 Å².